The Balaban J connectivity index is 4.06. The molecule has 12 heavy (non-hydrogen) atoms. The monoisotopic (exact) mass is 203 g/mol. The van der Waals surface area contributed by atoms with Crippen molar-refractivity contribution in [2.75, 3.05) is 6.61 Å². The molecule has 0 unspecified atom stereocenters. The molecule has 4 nitrogen and oxygen atoms in total. The molecule has 0 aliphatic rings. The number of aliphatic hydroxyl groups is 1. The van der Waals surface area contributed by atoms with Crippen LogP contribution in [0.2, 0.25) is 0 Å². The summed E-state index contributed by atoms with van der Waals surface area (Å²) in [6.07, 6.45) is -1.16. The van der Waals surface area contributed by atoms with Gasteiger partial charge in [-0.05, 0) is 12.8 Å². The van der Waals surface area contributed by atoms with Crippen LogP contribution in [0.25, 0.3) is 0 Å². The third-order valence-corrected chi connectivity index (χ3v) is 2.18. The van der Waals surface area contributed by atoms with E-state index in [9.17, 15) is 21.8 Å². The fourth-order valence-electron chi connectivity index (χ4n) is 0.568. The Hall–Kier alpha value is -0.270. The maximum Gasteiger partial charge on any atom is 0.334 e. The predicted molar refractivity (Wildman–Crippen MR) is 35.6 cm³/mol. The van der Waals surface area contributed by atoms with Gasteiger partial charge < -0.3 is 9.66 Å². The highest BCUT2D eigenvalue weighted by Crippen LogP contribution is 2.26. The maximum absolute atomic E-state index is 12.3. The first-order valence-corrected chi connectivity index (χ1v) is 4.66. The summed E-state index contributed by atoms with van der Waals surface area (Å²) in [4.78, 5) is 0. The molecular formula is C5H9F2O4S-. The molecule has 0 aromatic heterocycles. The van der Waals surface area contributed by atoms with Crippen LogP contribution in [0.3, 0.4) is 0 Å². The molecule has 0 saturated heterocycles. The summed E-state index contributed by atoms with van der Waals surface area (Å²) in [5, 5.41) is 3.99. The van der Waals surface area contributed by atoms with E-state index < -0.39 is 21.8 Å². The standard InChI is InChI=1S/C5H10F2O4S/c6-5(7,12(9,10)11)3-1-2-4-8/h8H,1-4H2,(H,9,10,11)/p-1. The molecule has 0 aromatic rings. The second-order valence-corrected chi connectivity index (χ2v) is 3.78. The predicted octanol–water partition coefficient (Wildman–Crippen LogP) is 0.287. The molecule has 0 heterocycles. The number of hydrogen-bond donors (Lipinski definition) is 1. The van der Waals surface area contributed by atoms with Gasteiger partial charge >= 0.3 is 5.25 Å². The third kappa shape index (κ3) is 3.42. The Kier molecular flexibility index (Phi) is 4.01. The zero-order valence-corrected chi connectivity index (χ0v) is 6.98. The van der Waals surface area contributed by atoms with Gasteiger partial charge in [0.15, 0.2) is 10.1 Å². The average Bonchev–Trinajstić information content (AvgIpc) is 1.85. The minimum absolute atomic E-state index is 0.0606. The van der Waals surface area contributed by atoms with Crippen LogP contribution < -0.4 is 0 Å². The van der Waals surface area contributed by atoms with Crippen LogP contribution in [0.4, 0.5) is 8.78 Å². The number of alkyl halides is 2. The number of hydrogen-bond acceptors (Lipinski definition) is 4. The number of aliphatic hydroxyl groups excluding tert-OH is 1. The minimum atomic E-state index is -5.55. The van der Waals surface area contributed by atoms with E-state index in [1.807, 2.05) is 0 Å². The molecule has 0 fully saturated rings. The van der Waals surface area contributed by atoms with Gasteiger partial charge in [-0.2, -0.15) is 8.78 Å². The van der Waals surface area contributed by atoms with Crippen LogP contribution in [0.1, 0.15) is 19.3 Å². The summed E-state index contributed by atoms with van der Waals surface area (Å²) in [5.74, 6) is 0. The number of rotatable bonds is 5. The quantitative estimate of drug-likeness (QED) is 0.514. The van der Waals surface area contributed by atoms with Gasteiger partial charge in [0.05, 0.1) is 0 Å². The zero-order chi connectivity index (χ0) is 9.83. The molecule has 0 atom stereocenters. The summed E-state index contributed by atoms with van der Waals surface area (Å²) < 4.78 is 54.2. The van der Waals surface area contributed by atoms with Crippen LogP contribution in [0, 0.1) is 0 Å². The topological polar surface area (TPSA) is 77.4 Å². The first kappa shape index (κ1) is 11.7. The first-order chi connectivity index (χ1) is 5.31. The van der Waals surface area contributed by atoms with Gasteiger partial charge in [-0.3, -0.25) is 0 Å². The molecule has 0 radical (unpaired) electrons. The van der Waals surface area contributed by atoms with Crippen molar-refractivity contribution in [1.82, 2.24) is 0 Å². The van der Waals surface area contributed by atoms with Crippen LogP contribution >= 0.6 is 0 Å². The number of halogens is 2. The van der Waals surface area contributed by atoms with Crippen molar-refractivity contribution in [3.63, 3.8) is 0 Å². The van der Waals surface area contributed by atoms with E-state index in [4.69, 9.17) is 5.11 Å². The van der Waals surface area contributed by atoms with E-state index in [0.29, 0.717) is 0 Å². The second kappa shape index (κ2) is 4.11. The Morgan fingerprint density at radius 3 is 2.17 bits per heavy atom. The molecule has 0 aliphatic carbocycles. The van der Waals surface area contributed by atoms with E-state index in [1.54, 1.807) is 0 Å². The molecule has 0 saturated carbocycles. The Morgan fingerprint density at radius 2 is 1.83 bits per heavy atom. The lowest BCUT2D eigenvalue weighted by Gasteiger charge is -2.19. The van der Waals surface area contributed by atoms with Crippen LogP contribution in [-0.4, -0.2) is 29.9 Å². The summed E-state index contributed by atoms with van der Waals surface area (Å²) in [6.45, 7) is -0.297. The van der Waals surface area contributed by atoms with Crippen molar-refractivity contribution in [2.24, 2.45) is 0 Å². The first-order valence-electron chi connectivity index (χ1n) is 3.25. The molecular weight excluding hydrogens is 194 g/mol. The van der Waals surface area contributed by atoms with Gasteiger partial charge in [-0.15, -0.1) is 0 Å². The molecule has 0 spiro atoms. The van der Waals surface area contributed by atoms with Crippen molar-refractivity contribution in [1.29, 1.82) is 0 Å². The van der Waals surface area contributed by atoms with Gasteiger partial charge in [-0.25, -0.2) is 8.42 Å². The zero-order valence-electron chi connectivity index (χ0n) is 6.16. The molecule has 0 aliphatic heterocycles. The highest BCUT2D eigenvalue weighted by Gasteiger charge is 2.36. The Bertz CT molecular complexity index is 224. The SMILES string of the molecule is O=S(=O)([O-])C(F)(F)CCCCO. The molecule has 0 rings (SSSR count). The molecule has 74 valence electrons. The smallest absolute Gasteiger partial charge is 0.334 e. The van der Waals surface area contributed by atoms with Crippen molar-refractivity contribution in [3.8, 4) is 0 Å². The lowest BCUT2D eigenvalue weighted by molar-refractivity contribution is 0.0657. The van der Waals surface area contributed by atoms with Gasteiger partial charge in [0.25, 0.3) is 0 Å². The van der Waals surface area contributed by atoms with Crippen molar-refractivity contribution < 1.29 is 26.9 Å². The largest absolute Gasteiger partial charge is 0.743 e. The molecule has 0 bridgehead atoms. The fraction of sp³-hybridized carbons (Fsp3) is 1.00. The fourth-order valence-corrected chi connectivity index (χ4v) is 0.962. The molecule has 0 amide bonds. The molecule has 0 aromatic carbocycles. The van der Waals surface area contributed by atoms with Gasteiger partial charge in [0.2, 0.25) is 0 Å². The van der Waals surface area contributed by atoms with E-state index in [0.717, 1.165) is 0 Å². The van der Waals surface area contributed by atoms with E-state index in [2.05, 4.69) is 0 Å². The molecule has 7 heteroatoms. The highest BCUT2D eigenvalue weighted by atomic mass is 32.2. The van der Waals surface area contributed by atoms with Gasteiger partial charge in [-0.1, -0.05) is 0 Å². The number of unbranched alkanes of at least 4 members (excludes halogenated alkanes) is 1. The van der Waals surface area contributed by atoms with Gasteiger partial charge in [0, 0.05) is 13.0 Å². The van der Waals surface area contributed by atoms with E-state index in [1.165, 1.54) is 0 Å². The Morgan fingerprint density at radius 1 is 1.33 bits per heavy atom. The summed E-state index contributed by atoms with van der Waals surface area (Å²) in [5.41, 5.74) is 0. The average molecular weight is 203 g/mol. The summed E-state index contributed by atoms with van der Waals surface area (Å²) >= 11 is 0. The second-order valence-electron chi connectivity index (χ2n) is 2.27. The van der Waals surface area contributed by atoms with Crippen LogP contribution in [-0.2, 0) is 10.1 Å². The summed E-state index contributed by atoms with van der Waals surface area (Å²) in [7, 11) is -5.55. The third-order valence-electron chi connectivity index (χ3n) is 1.24. The summed E-state index contributed by atoms with van der Waals surface area (Å²) in [6, 6.07) is 0. The highest BCUT2D eigenvalue weighted by molar-refractivity contribution is 7.86. The van der Waals surface area contributed by atoms with E-state index in [-0.39, 0.29) is 19.4 Å². The minimum Gasteiger partial charge on any atom is -0.743 e. The van der Waals surface area contributed by atoms with E-state index >= 15 is 0 Å². The van der Waals surface area contributed by atoms with Crippen molar-refractivity contribution in [3.05, 3.63) is 0 Å². The van der Waals surface area contributed by atoms with Gasteiger partial charge in [0.1, 0.15) is 0 Å². The van der Waals surface area contributed by atoms with Crippen molar-refractivity contribution >= 4 is 10.1 Å². The lowest BCUT2D eigenvalue weighted by atomic mass is 10.2. The maximum atomic E-state index is 12.3. The lowest BCUT2D eigenvalue weighted by Crippen LogP contribution is -2.28. The normalized spacial score (nSPS) is 13.3. The van der Waals surface area contributed by atoms with Crippen LogP contribution in [0.5, 0.6) is 0 Å². The Labute approximate surface area is 69.0 Å². The van der Waals surface area contributed by atoms with Crippen molar-refractivity contribution in [2.45, 2.75) is 24.5 Å². The van der Waals surface area contributed by atoms with Crippen LogP contribution in [0.15, 0.2) is 0 Å². The molecule has 1 N–H and O–H groups in total.